The Kier molecular flexibility index (Phi) is 7.85. The van der Waals surface area contributed by atoms with Gasteiger partial charge in [-0.2, -0.15) is 0 Å². The number of aliphatic hydroxyl groups is 1. The van der Waals surface area contributed by atoms with Crippen molar-refractivity contribution in [1.82, 2.24) is 9.97 Å². The van der Waals surface area contributed by atoms with E-state index in [9.17, 15) is 18.7 Å². The highest BCUT2D eigenvalue weighted by atomic mass is 19.1. The standard InChI is InChI=1S/C25H29F2N3O2/c1-15(13-16(2)26)24(27)17(3)21-5-4-6-22(29-21)25(32)30-23-14-28-12-11-20(23)18-7-9-19(31)10-8-18/h4-6,11-14,16,18-19,31H,7-10H2,1-3H3,(H,30,32)/b15-13-,24-17-. The second-order valence-electron chi connectivity index (χ2n) is 8.30. The molecule has 1 unspecified atom stereocenters. The summed E-state index contributed by atoms with van der Waals surface area (Å²) in [5.74, 6) is -0.744. The SMILES string of the molecule is CC(=C/C(C)F)/C(F)=C(\C)c1cccc(C(=O)Nc2cnccc2C2CCC(O)CC2)n1. The molecular formula is C25H29F2N3O2. The first-order valence-corrected chi connectivity index (χ1v) is 10.9. The molecule has 1 fully saturated rings. The van der Waals surface area contributed by atoms with Crippen molar-refractivity contribution >= 4 is 17.2 Å². The van der Waals surface area contributed by atoms with Crippen molar-refractivity contribution in [3.05, 3.63) is 71.1 Å². The van der Waals surface area contributed by atoms with E-state index < -0.39 is 17.9 Å². The van der Waals surface area contributed by atoms with E-state index in [0.29, 0.717) is 11.4 Å². The number of hydrogen-bond donors (Lipinski definition) is 2. The largest absolute Gasteiger partial charge is 0.393 e. The van der Waals surface area contributed by atoms with Gasteiger partial charge in [0, 0.05) is 11.8 Å². The zero-order valence-electron chi connectivity index (χ0n) is 18.6. The molecule has 32 heavy (non-hydrogen) atoms. The molecule has 2 aromatic rings. The summed E-state index contributed by atoms with van der Waals surface area (Å²) in [5, 5.41) is 12.7. The Morgan fingerprint density at radius 2 is 1.88 bits per heavy atom. The maximum absolute atomic E-state index is 14.7. The molecule has 0 saturated heterocycles. The van der Waals surface area contributed by atoms with E-state index in [0.717, 1.165) is 31.2 Å². The van der Waals surface area contributed by atoms with E-state index in [2.05, 4.69) is 15.3 Å². The number of anilines is 1. The van der Waals surface area contributed by atoms with E-state index in [-0.39, 0.29) is 28.9 Å². The number of halogens is 2. The molecule has 2 aromatic heterocycles. The summed E-state index contributed by atoms with van der Waals surface area (Å²) in [4.78, 5) is 21.4. The number of hydrogen-bond acceptors (Lipinski definition) is 4. The van der Waals surface area contributed by atoms with Gasteiger partial charge in [0.15, 0.2) is 0 Å². The minimum atomic E-state index is -1.26. The maximum atomic E-state index is 14.7. The van der Waals surface area contributed by atoms with Gasteiger partial charge in [0.1, 0.15) is 17.7 Å². The third-order valence-corrected chi connectivity index (χ3v) is 5.76. The van der Waals surface area contributed by atoms with Crippen LogP contribution in [0, 0.1) is 0 Å². The fourth-order valence-electron chi connectivity index (χ4n) is 4.03. The van der Waals surface area contributed by atoms with Crippen LogP contribution in [0.4, 0.5) is 14.5 Å². The quantitative estimate of drug-likeness (QED) is 0.560. The molecule has 7 heteroatoms. The van der Waals surface area contributed by atoms with Gasteiger partial charge in [0.05, 0.1) is 23.7 Å². The van der Waals surface area contributed by atoms with Gasteiger partial charge in [-0.15, -0.1) is 0 Å². The number of rotatable bonds is 6. The molecule has 1 atom stereocenters. The number of carbonyl (C=O) groups excluding carboxylic acids is 1. The number of nitrogens with one attached hydrogen (secondary N) is 1. The molecule has 2 N–H and O–H groups in total. The molecule has 170 valence electrons. The van der Waals surface area contributed by atoms with Crippen LogP contribution in [0.25, 0.3) is 5.57 Å². The normalized spacial score (nSPS) is 21.0. The summed E-state index contributed by atoms with van der Waals surface area (Å²) in [7, 11) is 0. The van der Waals surface area contributed by atoms with Gasteiger partial charge < -0.3 is 10.4 Å². The van der Waals surface area contributed by atoms with Crippen molar-refractivity contribution < 1.29 is 18.7 Å². The Morgan fingerprint density at radius 1 is 1.19 bits per heavy atom. The lowest BCUT2D eigenvalue weighted by atomic mass is 9.82. The predicted octanol–water partition coefficient (Wildman–Crippen LogP) is 5.75. The highest BCUT2D eigenvalue weighted by Gasteiger charge is 2.24. The molecule has 5 nitrogen and oxygen atoms in total. The van der Waals surface area contributed by atoms with Gasteiger partial charge in [-0.25, -0.2) is 13.8 Å². The van der Waals surface area contributed by atoms with Crippen LogP contribution in [0.5, 0.6) is 0 Å². The van der Waals surface area contributed by atoms with Gasteiger partial charge in [0.2, 0.25) is 0 Å². The Bertz CT molecular complexity index is 1030. The number of aromatic nitrogens is 2. The fraction of sp³-hybridized carbons (Fsp3) is 0.400. The molecule has 0 aromatic carbocycles. The van der Waals surface area contributed by atoms with Gasteiger partial charge in [-0.1, -0.05) is 6.07 Å². The van der Waals surface area contributed by atoms with Crippen LogP contribution in [0.2, 0.25) is 0 Å². The van der Waals surface area contributed by atoms with Crippen molar-refractivity contribution in [3.8, 4) is 0 Å². The summed E-state index contributed by atoms with van der Waals surface area (Å²) in [6.07, 6.45) is 6.13. The lowest BCUT2D eigenvalue weighted by Gasteiger charge is -2.27. The monoisotopic (exact) mass is 441 g/mol. The minimum absolute atomic E-state index is 0.143. The second-order valence-corrected chi connectivity index (χ2v) is 8.30. The van der Waals surface area contributed by atoms with E-state index in [1.54, 1.807) is 37.5 Å². The van der Waals surface area contributed by atoms with E-state index in [4.69, 9.17) is 0 Å². The Labute approximate surface area is 187 Å². The predicted molar refractivity (Wildman–Crippen MR) is 122 cm³/mol. The first-order chi connectivity index (χ1) is 15.3. The number of carbonyl (C=O) groups is 1. The summed E-state index contributed by atoms with van der Waals surface area (Å²) < 4.78 is 27.9. The fourth-order valence-corrected chi connectivity index (χ4v) is 4.03. The Morgan fingerprint density at radius 3 is 2.56 bits per heavy atom. The number of aliphatic hydroxyl groups excluding tert-OH is 1. The van der Waals surface area contributed by atoms with Crippen LogP contribution >= 0.6 is 0 Å². The van der Waals surface area contributed by atoms with Crippen LogP contribution in [0.3, 0.4) is 0 Å². The van der Waals surface area contributed by atoms with Crippen LogP contribution in [-0.4, -0.2) is 33.3 Å². The number of nitrogens with zero attached hydrogens (tertiary/aromatic N) is 2. The van der Waals surface area contributed by atoms with Crippen LogP contribution in [-0.2, 0) is 0 Å². The molecule has 0 radical (unpaired) electrons. The number of pyridine rings is 2. The lowest BCUT2D eigenvalue weighted by molar-refractivity contribution is 0.102. The van der Waals surface area contributed by atoms with Gasteiger partial charge >= 0.3 is 0 Å². The number of allylic oxidation sites excluding steroid dienone is 4. The van der Waals surface area contributed by atoms with Gasteiger partial charge in [-0.05, 0) is 87.8 Å². The minimum Gasteiger partial charge on any atom is -0.393 e. The van der Waals surface area contributed by atoms with E-state index >= 15 is 0 Å². The molecule has 3 rings (SSSR count). The van der Waals surface area contributed by atoms with Gasteiger partial charge in [0.25, 0.3) is 5.91 Å². The van der Waals surface area contributed by atoms with E-state index in [1.165, 1.54) is 19.9 Å². The first-order valence-electron chi connectivity index (χ1n) is 10.9. The van der Waals surface area contributed by atoms with Crippen LogP contribution < -0.4 is 5.32 Å². The summed E-state index contributed by atoms with van der Waals surface area (Å²) in [6, 6.07) is 6.70. The summed E-state index contributed by atoms with van der Waals surface area (Å²) >= 11 is 0. The van der Waals surface area contributed by atoms with Crippen molar-refractivity contribution in [2.24, 2.45) is 0 Å². The zero-order valence-corrected chi connectivity index (χ0v) is 18.6. The second kappa shape index (κ2) is 10.6. The molecular weight excluding hydrogens is 412 g/mol. The van der Waals surface area contributed by atoms with Crippen molar-refractivity contribution in [1.29, 1.82) is 0 Å². The van der Waals surface area contributed by atoms with Crippen LogP contribution in [0.1, 0.15) is 74.1 Å². The number of alkyl halides is 1. The first kappa shape index (κ1) is 23.7. The molecule has 1 aliphatic rings. The topological polar surface area (TPSA) is 75.1 Å². The zero-order chi connectivity index (χ0) is 23.3. The molecule has 1 amide bonds. The summed E-state index contributed by atoms with van der Waals surface area (Å²) in [5.41, 5.74) is 2.47. The highest BCUT2D eigenvalue weighted by Crippen LogP contribution is 2.36. The molecule has 1 aliphatic carbocycles. The molecule has 0 spiro atoms. The molecule has 0 bridgehead atoms. The van der Waals surface area contributed by atoms with Crippen molar-refractivity contribution in [2.45, 2.75) is 64.6 Å². The third-order valence-electron chi connectivity index (χ3n) is 5.76. The van der Waals surface area contributed by atoms with E-state index in [1.807, 2.05) is 6.07 Å². The van der Waals surface area contributed by atoms with Crippen molar-refractivity contribution in [3.63, 3.8) is 0 Å². The average molecular weight is 442 g/mol. The van der Waals surface area contributed by atoms with Crippen LogP contribution in [0.15, 0.2) is 54.1 Å². The third kappa shape index (κ3) is 5.85. The molecule has 2 heterocycles. The summed E-state index contributed by atoms with van der Waals surface area (Å²) in [6.45, 7) is 4.38. The Hall–Kier alpha value is -2.93. The maximum Gasteiger partial charge on any atom is 0.274 e. The molecule has 1 saturated carbocycles. The van der Waals surface area contributed by atoms with Crippen molar-refractivity contribution in [2.75, 3.05) is 5.32 Å². The lowest BCUT2D eigenvalue weighted by Crippen LogP contribution is -2.20. The molecule has 0 aliphatic heterocycles. The Balaban J connectivity index is 1.82. The van der Waals surface area contributed by atoms with Gasteiger partial charge in [-0.3, -0.25) is 9.78 Å². The smallest absolute Gasteiger partial charge is 0.274 e. The number of amides is 1. The highest BCUT2D eigenvalue weighted by molar-refractivity contribution is 6.03. The average Bonchev–Trinajstić information content (AvgIpc) is 2.78.